The molecule has 1 aliphatic rings. The molecule has 116 valence electrons. The lowest BCUT2D eigenvalue weighted by molar-refractivity contribution is -0.117. The summed E-state index contributed by atoms with van der Waals surface area (Å²) in [6.07, 6.45) is 1.94. The van der Waals surface area contributed by atoms with Crippen molar-refractivity contribution < 1.29 is 14.3 Å². The fourth-order valence-electron chi connectivity index (χ4n) is 2.86. The van der Waals surface area contributed by atoms with Gasteiger partial charge in [-0.25, -0.2) is 4.79 Å². The van der Waals surface area contributed by atoms with E-state index in [1.54, 1.807) is 12.1 Å². The topological polar surface area (TPSA) is 71.2 Å². The van der Waals surface area contributed by atoms with Gasteiger partial charge in [-0.3, -0.25) is 4.79 Å². The van der Waals surface area contributed by atoms with Gasteiger partial charge in [0.2, 0.25) is 5.91 Å². The van der Waals surface area contributed by atoms with Gasteiger partial charge in [0.05, 0.1) is 23.9 Å². The Labute approximate surface area is 132 Å². The summed E-state index contributed by atoms with van der Waals surface area (Å²) in [5.74, 6) is -0.139. The molecule has 23 heavy (non-hydrogen) atoms. The zero-order chi connectivity index (χ0) is 16.0. The molecule has 0 bridgehead atoms. The fourth-order valence-corrected chi connectivity index (χ4v) is 2.86. The summed E-state index contributed by atoms with van der Waals surface area (Å²) >= 11 is 0. The number of aromatic nitrogens is 1. The van der Waals surface area contributed by atoms with Gasteiger partial charge in [0.15, 0.2) is 0 Å². The van der Waals surface area contributed by atoms with Crippen molar-refractivity contribution in [1.82, 2.24) is 4.98 Å². The Kier molecular flexibility index (Phi) is 3.08. The van der Waals surface area contributed by atoms with Gasteiger partial charge in [0, 0.05) is 22.2 Å². The molecule has 1 heterocycles. The van der Waals surface area contributed by atoms with E-state index in [0.717, 1.165) is 40.3 Å². The lowest BCUT2D eigenvalue weighted by Gasteiger charge is -2.05. The lowest BCUT2D eigenvalue weighted by Crippen LogP contribution is -2.13. The van der Waals surface area contributed by atoms with Crippen molar-refractivity contribution >= 4 is 39.4 Å². The van der Waals surface area contributed by atoms with Crippen molar-refractivity contribution in [2.24, 2.45) is 5.92 Å². The Hall–Kier alpha value is -2.82. The number of fused-ring (bicyclic) bond motifs is 3. The number of nitrogens with one attached hydrogen (secondary N) is 2. The first-order valence-electron chi connectivity index (χ1n) is 7.61. The molecule has 1 saturated carbocycles. The molecule has 5 heteroatoms. The summed E-state index contributed by atoms with van der Waals surface area (Å²) in [4.78, 5) is 27.0. The van der Waals surface area contributed by atoms with E-state index < -0.39 is 0 Å². The highest BCUT2D eigenvalue weighted by Crippen LogP contribution is 2.34. The summed E-state index contributed by atoms with van der Waals surface area (Å²) in [5, 5.41) is 5.02. The van der Waals surface area contributed by atoms with Crippen LogP contribution in [0.15, 0.2) is 36.4 Å². The lowest BCUT2D eigenvalue weighted by atomic mass is 10.1. The molecule has 3 aromatic rings. The molecule has 0 aliphatic heterocycles. The monoisotopic (exact) mass is 308 g/mol. The van der Waals surface area contributed by atoms with Crippen molar-refractivity contribution in [3.63, 3.8) is 0 Å². The number of rotatable bonds is 3. The highest BCUT2D eigenvalue weighted by atomic mass is 16.5. The van der Waals surface area contributed by atoms with E-state index in [2.05, 4.69) is 10.3 Å². The number of amides is 1. The normalized spacial score (nSPS) is 14.1. The Bertz CT molecular complexity index is 938. The highest BCUT2D eigenvalue weighted by Gasteiger charge is 2.30. The molecule has 4 rings (SSSR count). The third-order valence-corrected chi connectivity index (χ3v) is 4.26. The summed E-state index contributed by atoms with van der Waals surface area (Å²) in [6, 6.07) is 11.2. The van der Waals surface area contributed by atoms with E-state index in [0.29, 0.717) is 5.56 Å². The smallest absolute Gasteiger partial charge is 0.337 e. The number of hydrogen-bond donors (Lipinski definition) is 2. The summed E-state index contributed by atoms with van der Waals surface area (Å²) < 4.78 is 4.76. The van der Waals surface area contributed by atoms with Crippen LogP contribution in [0, 0.1) is 5.92 Å². The van der Waals surface area contributed by atoms with Gasteiger partial charge in [-0.1, -0.05) is 18.2 Å². The number of para-hydroxylation sites is 1. The number of anilines is 1. The average Bonchev–Trinajstić information content (AvgIpc) is 3.35. The number of aromatic amines is 1. The standard InChI is InChI=1S/C18H16N2O3/c1-23-18(22)11-7-8-12-13-3-2-4-14(16(13)19-15(12)9-11)20-17(21)10-5-6-10/h2-4,7-10,19H,5-6H2,1H3,(H,20,21). The molecule has 1 amide bonds. The molecule has 2 aromatic carbocycles. The van der Waals surface area contributed by atoms with E-state index in [-0.39, 0.29) is 17.8 Å². The zero-order valence-electron chi connectivity index (χ0n) is 12.7. The Morgan fingerprint density at radius 2 is 2.00 bits per heavy atom. The molecule has 0 spiro atoms. The van der Waals surface area contributed by atoms with Crippen molar-refractivity contribution in [3.05, 3.63) is 42.0 Å². The molecular formula is C18H16N2O3. The largest absolute Gasteiger partial charge is 0.465 e. The molecule has 0 atom stereocenters. The predicted octanol–water partition coefficient (Wildman–Crippen LogP) is 3.46. The molecule has 1 aromatic heterocycles. The van der Waals surface area contributed by atoms with Gasteiger partial charge in [-0.2, -0.15) is 0 Å². The third kappa shape index (κ3) is 2.34. The second kappa shape index (κ2) is 5.12. The van der Waals surface area contributed by atoms with Crippen LogP contribution in [-0.4, -0.2) is 24.0 Å². The molecule has 2 N–H and O–H groups in total. The predicted molar refractivity (Wildman–Crippen MR) is 88.5 cm³/mol. The van der Waals surface area contributed by atoms with Gasteiger partial charge in [0.25, 0.3) is 0 Å². The Balaban J connectivity index is 1.83. The first-order valence-corrected chi connectivity index (χ1v) is 7.61. The summed E-state index contributed by atoms with van der Waals surface area (Å²) in [5.41, 5.74) is 2.99. The van der Waals surface area contributed by atoms with Gasteiger partial charge in [-0.15, -0.1) is 0 Å². The number of methoxy groups -OCH3 is 1. The molecule has 0 saturated heterocycles. The van der Waals surface area contributed by atoms with Gasteiger partial charge in [-0.05, 0) is 31.0 Å². The third-order valence-electron chi connectivity index (χ3n) is 4.26. The summed E-state index contributed by atoms with van der Waals surface area (Å²) in [7, 11) is 1.36. The number of esters is 1. The number of carbonyl (C=O) groups is 2. The first-order chi connectivity index (χ1) is 11.2. The molecule has 5 nitrogen and oxygen atoms in total. The number of H-pyrrole nitrogens is 1. The van der Waals surface area contributed by atoms with Crippen molar-refractivity contribution in [2.75, 3.05) is 12.4 Å². The maximum absolute atomic E-state index is 12.0. The van der Waals surface area contributed by atoms with Crippen molar-refractivity contribution in [3.8, 4) is 0 Å². The van der Waals surface area contributed by atoms with Crippen LogP contribution in [0.2, 0.25) is 0 Å². The quantitative estimate of drug-likeness (QED) is 0.728. The van der Waals surface area contributed by atoms with Crippen molar-refractivity contribution in [2.45, 2.75) is 12.8 Å². The fraction of sp³-hybridized carbons (Fsp3) is 0.222. The van der Waals surface area contributed by atoms with Crippen LogP contribution in [0.1, 0.15) is 23.2 Å². The van der Waals surface area contributed by atoms with Crippen LogP contribution < -0.4 is 5.32 Å². The Morgan fingerprint density at radius 3 is 2.74 bits per heavy atom. The minimum Gasteiger partial charge on any atom is -0.465 e. The Morgan fingerprint density at radius 1 is 1.17 bits per heavy atom. The molecule has 0 radical (unpaired) electrons. The van der Waals surface area contributed by atoms with Gasteiger partial charge < -0.3 is 15.0 Å². The summed E-state index contributed by atoms with van der Waals surface area (Å²) in [6.45, 7) is 0. The van der Waals surface area contributed by atoms with Crippen molar-refractivity contribution in [1.29, 1.82) is 0 Å². The first kappa shape index (κ1) is 13.8. The minimum atomic E-state index is -0.368. The maximum atomic E-state index is 12.0. The van der Waals surface area contributed by atoms with E-state index in [1.165, 1.54) is 7.11 Å². The van der Waals surface area contributed by atoms with Gasteiger partial charge in [0.1, 0.15) is 0 Å². The van der Waals surface area contributed by atoms with Crippen LogP contribution in [0.5, 0.6) is 0 Å². The molecular weight excluding hydrogens is 292 g/mol. The number of carbonyl (C=O) groups excluding carboxylic acids is 2. The molecule has 1 fully saturated rings. The van der Waals surface area contributed by atoms with Crippen LogP contribution in [0.3, 0.4) is 0 Å². The average molecular weight is 308 g/mol. The SMILES string of the molecule is COC(=O)c1ccc2c(c1)[nH]c1c(NC(=O)C3CC3)cccc12. The van der Waals surface area contributed by atoms with E-state index in [1.807, 2.05) is 24.3 Å². The van der Waals surface area contributed by atoms with Crippen LogP contribution in [0.25, 0.3) is 21.8 Å². The number of benzene rings is 2. The second-order valence-corrected chi connectivity index (χ2v) is 5.87. The minimum absolute atomic E-state index is 0.0754. The van der Waals surface area contributed by atoms with Crippen LogP contribution in [0.4, 0.5) is 5.69 Å². The van der Waals surface area contributed by atoms with E-state index >= 15 is 0 Å². The van der Waals surface area contributed by atoms with E-state index in [4.69, 9.17) is 4.74 Å². The molecule has 1 aliphatic carbocycles. The molecule has 0 unspecified atom stereocenters. The number of ether oxygens (including phenoxy) is 1. The highest BCUT2D eigenvalue weighted by molar-refractivity contribution is 6.14. The number of hydrogen-bond acceptors (Lipinski definition) is 3. The maximum Gasteiger partial charge on any atom is 0.337 e. The zero-order valence-corrected chi connectivity index (χ0v) is 12.7. The van der Waals surface area contributed by atoms with Gasteiger partial charge >= 0.3 is 5.97 Å². The second-order valence-electron chi connectivity index (χ2n) is 5.87. The van der Waals surface area contributed by atoms with E-state index in [9.17, 15) is 9.59 Å². The van der Waals surface area contributed by atoms with Crippen LogP contribution >= 0.6 is 0 Å². The van der Waals surface area contributed by atoms with Crippen LogP contribution in [-0.2, 0) is 9.53 Å².